The van der Waals surface area contributed by atoms with E-state index in [1.165, 1.54) is 21.3 Å². The van der Waals surface area contributed by atoms with E-state index in [4.69, 9.17) is 14.2 Å². The van der Waals surface area contributed by atoms with Crippen molar-refractivity contribution in [1.82, 2.24) is 5.32 Å². The maximum absolute atomic E-state index is 12.7. The van der Waals surface area contributed by atoms with Crippen LogP contribution in [0.4, 0.5) is 5.69 Å². The van der Waals surface area contributed by atoms with E-state index in [2.05, 4.69) is 16.7 Å². The largest absolute Gasteiger partial charge is 0.493 e. The Kier molecular flexibility index (Phi) is 8.30. The minimum atomic E-state index is -0.519. The number of anilines is 1. The monoisotopic (exact) mass is 495 g/mol. The number of hydrogen-bond donors (Lipinski definition) is 2. The average Bonchev–Trinajstić information content (AvgIpc) is 2.83. The van der Waals surface area contributed by atoms with Crippen molar-refractivity contribution < 1.29 is 23.8 Å². The summed E-state index contributed by atoms with van der Waals surface area (Å²) >= 11 is 1.13. The number of allylic oxidation sites excluding steroid dienone is 1. The maximum Gasteiger partial charge on any atom is 0.234 e. The molecule has 0 saturated heterocycles. The predicted octanol–water partition coefficient (Wildman–Crippen LogP) is 4.35. The summed E-state index contributed by atoms with van der Waals surface area (Å²) in [6.45, 7) is 5.90. The van der Waals surface area contributed by atoms with Gasteiger partial charge in [0.1, 0.15) is 0 Å². The summed E-state index contributed by atoms with van der Waals surface area (Å²) in [7, 11) is 4.52. The van der Waals surface area contributed by atoms with Crippen LogP contribution in [0.15, 0.2) is 34.9 Å². The molecular weight excluding hydrogens is 466 g/mol. The van der Waals surface area contributed by atoms with Gasteiger partial charge in [-0.15, -0.1) is 0 Å². The van der Waals surface area contributed by atoms with E-state index in [1.807, 2.05) is 32.9 Å². The molecule has 3 rings (SSSR count). The lowest BCUT2D eigenvalue weighted by molar-refractivity contribution is -0.121. The van der Waals surface area contributed by atoms with Gasteiger partial charge in [-0.05, 0) is 49.6 Å². The maximum atomic E-state index is 12.7. The summed E-state index contributed by atoms with van der Waals surface area (Å²) in [5, 5.41) is 16.1. The normalized spacial score (nSPS) is 15.2. The zero-order valence-corrected chi connectivity index (χ0v) is 21.5. The van der Waals surface area contributed by atoms with Crippen molar-refractivity contribution in [3.05, 3.63) is 57.1 Å². The molecule has 35 heavy (non-hydrogen) atoms. The number of carbonyl (C=O) groups is 2. The smallest absolute Gasteiger partial charge is 0.234 e. The van der Waals surface area contributed by atoms with Crippen LogP contribution in [0.3, 0.4) is 0 Å². The number of methoxy groups -OCH3 is 3. The van der Waals surface area contributed by atoms with Gasteiger partial charge in [0.05, 0.1) is 43.8 Å². The Morgan fingerprint density at radius 3 is 2.20 bits per heavy atom. The number of benzene rings is 2. The third-order valence-electron chi connectivity index (χ3n) is 5.73. The standard InChI is InChI=1S/C26H29N3O5S/c1-14-7-15(2)24(16(3)8-14)28-23(31)13-35-26-19(12-27)18(11-22(30)29-26)17-9-20(32-4)25(34-6)21(10-17)33-5/h7-10,18H,11,13H2,1-6H3,(H,28,31)(H,29,30)/t18-/m0/s1. The van der Waals surface area contributed by atoms with Crippen molar-refractivity contribution >= 4 is 29.3 Å². The fraction of sp³-hybridized carbons (Fsp3) is 0.346. The molecule has 0 aromatic heterocycles. The van der Waals surface area contributed by atoms with Gasteiger partial charge < -0.3 is 24.8 Å². The SMILES string of the molecule is COc1cc([C@@H]2CC(=O)NC(SCC(=O)Nc3c(C)cc(C)cc3C)=C2C#N)cc(OC)c1OC. The van der Waals surface area contributed by atoms with Crippen LogP contribution in [0.25, 0.3) is 0 Å². The van der Waals surface area contributed by atoms with Crippen LogP contribution >= 0.6 is 11.8 Å². The summed E-state index contributed by atoms with van der Waals surface area (Å²) in [6, 6.07) is 9.71. The van der Waals surface area contributed by atoms with Crippen LogP contribution in [0.2, 0.25) is 0 Å². The molecule has 1 atom stereocenters. The molecule has 2 amide bonds. The van der Waals surface area contributed by atoms with Crippen molar-refractivity contribution in [2.75, 3.05) is 32.4 Å². The Morgan fingerprint density at radius 2 is 1.69 bits per heavy atom. The van der Waals surface area contributed by atoms with Crippen molar-refractivity contribution in [2.24, 2.45) is 0 Å². The predicted molar refractivity (Wildman–Crippen MR) is 136 cm³/mol. The van der Waals surface area contributed by atoms with Crippen LogP contribution in [0.1, 0.15) is 34.6 Å². The van der Waals surface area contributed by atoms with Gasteiger partial charge in [0, 0.05) is 18.0 Å². The van der Waals surface area contributed by atoms with Gasteiger partial charge in [-0.2, -0.15) is 5.26 Å². The Bertz CT molecular complexity index is 1180. The average molecular weight is 496 g/mol. The van der Waals surface area contributed by atoms with Crippen LogP contribution in [0, 0.1) is 32.1 Å². The van der Waals surface area contributed by atoms with E-state index in [9.17, 15) is 14.9 Å². The number of thioether (sulfide) groups is 1. The van der Waals surface area contributed by atoms with E-state index in [0.29, 0.717) is 33.4 Å². The molecular formula is C26H29N3O5S. The summed E-state index contributed by atoms with van der Waals surface area (Å²) < 4.78 is 16.2. The number of aryl methyl sites for hydroxylation is 3. The number of amides is 2. The number of carbonyl (C=O) groups excluding carboxylic acids is 2. The molecule has 0 aliphatic carbocycles. The summed E-state index contributed by atoms with van der Waals surface area (Å²) in [6.07, 6.45) is 0.0829. The highest BCUT2D eigenvalue weighted by Crippen LogP contribution is 2.44. The second-order valence-corrected chi connectivity index (χ2v) is 9.21. The first-order chi connectivity index (χ1) is 16.7. The summed E-state index contributed by atoms with van der Waals surface area (Å²) in [4.78, 5) is 25.3. The summed E-state index contributed by atoms with van der Waals surface area (Å²) in [5.74, 6) is 0.347. The van der Waals surface area contributed by atoms with Crippen LogP contribution in [-0.4, -0.2) is 38.9 Å². The molecule has 0 fully saturated rings. The molecule has 184 valence electrons. The molecule has 1 aliphatic heterocycles. The number of hydrogen-bond acceptors (Lipinski definition) is 7. The molecule has 2 N–H and O–H groups in total. The van der Waals surface area contributed by atoms with E-state index in [1.54, 1.807) is 12.1 Å². The minimum absolute atomic E-state index is 0.0372. The molecule has 9 heteroatoms. The molecule has 8 nitrogen and oxygen atoms in total. The third-order valence-corrected chi connectivity index (χ3v) is 6.75. The molecule has 0 bridgehead atoms. The number of nitrogens with zero attached hydrogens (tertiary/aromatic N) is 1. The van der Waals surface area contributed by atoms with E-state index < -0.39 is 5.92 Å². The molecule has 0 radical (unpaired) electrons. The van der Waals surface area contributed by atoms with Crippen LogP contribution in [0.5, 0.6) is 17.2 Å². The summed E-state index contributed by atoms with van der Waals surface area (Å²) in [5.41, 5.74) is 4.91. The highest BCUT2D eigenvalue weighted by molar-refractivity contribution is 8.03. The van der Waals surface area contributed by atoms with Crippen molar-refractivity contribution in [2.45, 2.75) is 33.1 Å². The quantitative estimate of drug-likeness (QED) is 0.560. The molecule has 0 saturated carbocycles. The van der Waals surface area contributed by atoms with Gasteiger partial charge in [-0.3, -0.25) is 9.59 Å². The first kappa shape index (κ1) is 26.0. The van der Waals surface area contributed by atoms with Gasteiger partial charge in [0.25, 0.3) is 0 Å². The highest BCUT2D eigenvalue weighted by atomic mass is 32.2. The zero-order chi connectivity index (χ0) is 25.7. The first-order valence-corrected chi connectivity index (χ1v) is 11.9. The lowest BCUT2D eigenvalue weighted by atomic mass is 9.86. The van der Waals surface area contributed by atoms with E-state index in [-0.39, 0.29) is 24.0 Å². The second kappa shape index (κ2) is 11.2. The number of ether oxygens (including phenoxy) is 3. The van der Waals surface area contributed by atoms with Gasteiger partial charge in [0.15, 0.2) is 11.5 Å². The van der Waals surface area contributed by atoms with Gasteiger partial charge in [-0.1, -0.05) is 29.5 Å². The van der Waals surface area contributed by atoms with E-state index in [0.717, 1.165) is 34.1 Å². The topological polar surface area (TPSA) is 110 Å². The Balaban J connectivity index is 1.87. The number of nitrogens with one attached hydrogen (secondary N) is 2. The van der Waals surface area contributed by atoms with Gasteiger partial charge in [0.2, 0.25) is 17.6 Å². The van der Waals surface area contributed by atoms with Gasteiger partial charge in [-0.25, -0.2) is 0 Å². The fourth-order valence-corrected chi connectivity index (χ4v) is 5.09. The third kappa shape index (κ3) is 5.72. The molecule has 2 aromatic carbocycles. The lowest BCUT2D eigenvalue weighted by Gasteiger charge is -2.26. The van der Waals surface area contributed by atoms with Crippen molar-refractivity contribution in [3.63, 3.8) is 0 Å². The number of rotatable bonds is 8. The Labute approximate surface area is 209 Å². The molecule has 0 spiro atoms. The van der Waals surface area contributed by atoms with Crippen molar-refractivity contribution in [3.8, 4) is 23.3 Å². The first-order valence-electron chi connectivity index (χ1n) is 11.0. The lowest BCUT2D eigenvalue weighted by Crippen LogP contribution is -2.31. The fourth-order valence-electron chi connectivity index (χ4n) is 4.21. The molecule has 1 heterocycles. The number of nitriles is 1. The highest BCUT2D eigenvalue weighted by Gasteiger charge is 2.31. The zero-order valence-electron chi connectivity index (χ0n) is 20.7. The molecule has 0 unspecified atom stereocenters. The minimum Gasteiger partial charge on any atom is -0.493 e. The Hall–Kier alpha value is -3.64. The van der Waals surface area contributed by atoms with Crippen LogP contribution in [-0.2, 0) is 9.59 Å². The van der Waals surface area contributed by atoms with Crippen LogP contribution < -0.4 is 24.8 Å². The van der Waals surface area contributed by atoms with E-state index >= 15 is 0 Å². The molecule has 2 aromatic rings. The van der Waals surface area contributed by atoms with Gasteiger partial charge >= 0.3 is 0 Å². The molecule has 1 aliphatic rings. The van der Waals surface area contributed by atoms with Crippen molar-refractivity contribution in [1.29, 1.82) is 5.26 Å². The second-order valence-electron chi connectivity index (χ2n) is 8.23. The Morgan fingerprint density at radius 1 is 1.09 bits per heavy atom.